The van der Waals surface area contributed by atoms with E-state index < -0.39 is 36.5 Å². The van der Waals surface area contributed by atoms with Crippen molar-refractivity contribution in [2.45, 2.75) is 50.2 Å². The van der Waals surface area contributed by atoms with Crippen LogP contribution in [-0.2, 0) is 31.9 Å². The number of carbonyl (C=O) groups is 2. The fourth-order valence-corrected chi connectivity index (χ4v) is 2.34. The van der Waals surface area contributed by atoms with Crippen molar-refractivity contribution >= 4 is 11.9 Å². The number of ether oxygens (including phenoxy) is 2. The van der Waals surface area contributed by atoms with E-state index in [1.54, 1.807) is 24.3 Å². The maximum atomic E-state index is 12.2. The standard InChI is InChI=1S/C18H20F6O6/c19-17(20,21)13(25)15(27)29-9-3-7-11-5-1-2-6-12(11)8-4-10-30-16(28)14(26)18(22,23)24/h1-2,5-6,13-14,25-26H,3-4,7-10H2/t13-,14-/m0/s1. The van der Waals surface area contributed by atoms with E-state index in [0.29, 0.717) is 12.8 Å². The summed E-state index contributed by atoms with van der Waals surface area (Å²) in [6.45, 7) is -0.708. The molecule has 0 bridgehead atoms. The van der Waals surface area contributed by atoms with Crippen molar-refractivity contribution in [2.24, 2.45) is 0 Å². The molecule has 0 saturated carbocycles. The first-order chi connectivity index (χ1) is 13.8. The van der Waals surface area contributed by atoms with Crippen LogP contribution in [0.4, 0.5) is 26.3 Å². The van der Waals surface area contributed by atoms with Crippen LogP contribution in [0.3, 0.4) is 0 Å². The number of aryl methyl sites for hydroxylation is 2. The number of aliphatic hydroxyl groups is 2. The number of rotatable bonds is 10. The van der Waals surface area contributed by atoms with Gasteiger partial charge in [0.1, 0.15) is 0 Å². The molecule has 1 aromatic rings. The second kappa shape index (κ2) is 11.2. The highest BCUT2D eigenvalue weighted by atomic mass is 19.4. The van der Waals surface area contributed by atoms with E-state index in [1.165, 1.54) is 0 Å². The van der Waals surface area contributed by atoms with Crippen LogP contribution >= 0.6 is 0 Å². The molecular weight excluding hydrogens is 426 g/mol. The highest BCUT2D eigenvalue weighted by Gasteiger charge is 2.45. The Morgan fingerprint density at radius 3 is 1.40 bits per heavy atom. The summed E-state index contributed by atoms with van der Waals surface area (Å²) in [4.78, 5) is 22.2. The van der Waals surface area contributed by atoms with Gasteiger partial charge in [-0.05, 0) is 36.8 Å². The fourth-order valence-electron chi connectivity index (χ4n) is 2.34. The molecule has 6 nitrogen and oxygen atoms in total. The van der Waals surface area contributed by atoms with Crippen LogP contribution in [0.15, 0.2) is 24.3 Å². The number of halogens is 6. The summed E-state index contributed by atoms with van der Waals surface area (Å²) in [7, 11) is 0. The Bertz CT molecular complexity index is 644. The van der Waals surface area contributed by atoms with Crippen LogP contribution < -0.4 is 0 Å². The lowest BCUT2D eigenvalue weighted by Crippen LogP contribution is -2.37. The molecule has 30 heavy (non-hydrogen) atoms. The van der Waals surface area contributed by atoms with Crippen molar-refractivity contribution < 1.29 is 55.6 Å². The van der Waals surface area contributed by atoms with E-state index >= 15 is 0 Å². The zero-order chi connectivity index (χ0) is 22.9. The summed E-state index contributed by atoms with van der Waals surface area (Å²) in [5.74, 6) is -3.59. The first-order valence-corrected chi connectivity index (χ1v) is 8.73. The van der Waals surface area contributed by atoms with Gasteiger partial charge in [0.05, 0.1) is 13.2 Å². The van der Waals surface area contributed by atoms with Crippen LogP contribution in [0.1, 0.15) is 24.0 Å². The van der Waals surface area contributed by atoms with Crippen molar-refractivity contribution in [1.29, 1.82) is 0 Å². The van der Waals surface area contributed by atoms with Gasteiger partial charge in [0.15, 0.2) is 0 Å². The normalized spacial score (nSPS) is 14.1. The molecule has 2 atom stereocenters. The molecule has 1 rings (SSSR count). The number of aliphatic hydroxyl groups excluding tert-OH is 2. The maximum Gasteiger partial charge on any atom is 0.425 e. The molecule has 1 aromatic carbocycles. The smallest absolute Gasteiger partial charge is 0.425 e. The first-order valence-electron chi connectivity index (χ1n) is 8.73. The average Bonchev–Trinajstić information content (AvgIpc) is 2.66. The Labute approximate surface area is 167 Å². The molecule has 0 aromatic heterocycles. The van der Waals surface area contributed by atoms with Gasteiger partial charge in [0.25, 0.3) is 0 Å². The highest BCUT2D eigenvalue weighted by Crippen LogP contribution is 2.22. The van der Waals surface area contributed by atoms with Gasteiger partial charge in [-0.3, -0.25) is 0 Å². The first kappa shape index (κ1) is 25.7. The van der Waals surface area contributed by atoms with Crippen molar-refractivity contribution in [1.82, 2.24) is 0 Å². The van der Waals surface area contributed by atoms with E-state index in [1.807, 2.05) is 0 Å². The summed E-state index contributed by atoms with van der Waals surface area (Å²) in [6, 6.07) is 6.80. The average molecular weight is 446 g/mol. The molecule has 0 aliphatic rings. The van der Waals surface area contributed by atoms with Gasteiger partial charge in [0.2, 0.25) is 12.2 Å². The third-order valence-electron chi connectivity index (χ3n) is 3.85. The van der Waals surface area contributed by atoms with Crippen LogP contribution in [0.25, 0.3) is 0 Å². The number of hydrogen-bond donors (Lipinski definition) is 2. The summed E-state index contributed by atoms with van der Waals surface area (Å²) < 4.78 is 81.8. The lowest BCUT2D eigenvalue weighted by atomic mass is 9.99. The Hall–Kier alpha value is -2.34. The summed E-state index contributed by atoms with van der Waals surface area (Å²) >= 11 is 0. The molecule has 0 fully saturated rings. The van der Waals surface area contributed by atoms with E-state index in [4.69, 9.17) is 10.2 Å². The van der Waals surface area contributed by atoms with Gasteiger partial charge < -0.3 is 19.7 Å². The van der Waals surface area contributed by atoms with Crippen molar-refractivity contribution in [2.75, 3.05) is 13.2 Å². The SMILES string of the molecule is O=C(OCCCc1ccccc1CCCOC(=O)[C@H](O)C(F)(F)F)[C@H](O)C(F)(F)F. The molecule has 12 heteroatoms. The quantitative estimate of drug-likeness (QED) is 0.326. The predicted octanol–water partition coefficient (Wildman–Crippen LogP) is 2.48. The highest BCUT2D eigenvalue weighted by molar-refractivity contribution is 5.75. The molecule has 0 radical (unpaired) electrons. The zero-order valence-electron chi connectivity index (χ0n) is 15.5. The molecular formula is C18H20F6O6. The molecule has 0 aliphatic carbocycles. The Balaban J connectivity index is 2.42. The lowest BCUT2D eigenvalue weighted by Gasteiger charge is -2.14. The summed E-state index contributed by atoms with van der Waals surface area (Å²) in [5.41, 5.74) is 1.51. The van der Waals surface area contributed by atoms with Gasteiger partial charge in [-0.15, -0.1) is 0 Å². The Kier molecular flexibility index (Phi) is 9.56. The molecule has 170 valence electrons. The molecule has 0 saturated heterocycles. The molecule has 0 spiro atoms. The van der Waals surface area contributed by atoms with Crippen molar-refractivity contribution in [3.05, 3.63) is 35.4 Å². The monoisotopic (exact) mass is 446 g/mol. The number of carbonyl (C=O) groups excluding carboxylic acids is 2. The minimum Gasteiger partial charge on any atom is -0.464 e. The van der Waals surface area contributed by atoms with Gasteiger partial charge in [-0.1, -0.05) is 24.3 Å². The zero-order valence-corrected chi connectivity index (χ0v) is 15.5. The van der Waals surface area contributed by atoms with Crippen molar-refractivity contribution in [3.63, 3.8) is 0 Å². The summed E-state index contributed by atoms with van der Waals surface area (Å²) in [5, 5.41) is 17.5. The second-order valence-corrected chi connectivity index (χ2v) is 6.20. The number of alkyl halides is 6. The van der Waals surface area contributed by atoms with Gasteiger partial charge >= 0.3 is 24.3 Å². The molecule has 0 aliphatic heterocycles. The third kappa shape index (κ3) is 8.57. The van der Waals surface area contributed by atoms with E-state index in [0.717, 1.165) is 11.1 Å². The molecule has 2 N–H and O–H groups in total. The van der Waals surface area contributed by atoms with Crippen molar-refractivity contribution in [3.8, 4) is 0 Å². The minimum atomic E-state index is -5.11. The van der Waals surface area contributed by atoms with Crippen LogP contribution in [0.5, 0.6) is 0 Å². The number of esters is 2. The fraction of sp³-hybridized carbons (Fsp3) is 0.556. The Morgan fingerprint density at radius 1 is 0.767 bits per heavy atom. The predicted molar refractivity (Wildman–Crippen MR) is 89.1 cm³/mol. The topological polar surface area (TPSA) is 93.1 Å². The largest absolute Gasteiger partial charge is 0.464 e. The number of hydrogen-bond acceptors (Lipinski definition) is 6. The van der Waals surface area contributed by atoms with Crippen LogP contribution in [0, 0.1) is 0 Å². The van der Waals surface area contributed by atoms with Gasteiger partial charge in [-0.2, -0.15) is 26.3 Å². The Morgan fingerprint density at radius 2 is 1.10 bits per heavy atom. The number of benzene rings is 1. The van der Waals surface area contributed by atoms with Gasteiger partial charge in [-0.25, -0.2) is 9.59 Å². The summed E-state index contributed by atoms with van der Waals surface area (Å²) in [6.07, 6.45) is -15.7. The van der Waals surface area contributed by atoms with Gasteiger partial charge in [0, 0.05) is 0 Å². The molecule has 0 amide bonds. The maximum absolute atomic E-state index is 12.2. The lowest BCUT2D eigenvalue weighted by molar-refractivity contribution is -0.219. The molecule has 0 unspecified atom stereocenters. The van der Waals surface area contributed by atoms with Crippen LogP contribution in [0.2, 0.25) is 0 Å². The second-order valence-electron chi connectivity index (χ2n) is 6.20. The minimum absolute atomic E-state index is 0.167. The van der Waals surface area contributed by atoms with E-state index in [2.05, 4.69) is 9.47 Å². The van der Waals surface area contributed by atoms with E-state index in [9.17, 15) is 35.9 Å². The van der Waals surface area contributed by atoms with E-state index in [-0.39, 0.29) is 26.1 Å². The third-order valence-corrected chi connectivity index (χ3v) is 3.85. The van der Waals surface area contributed by atoms with Crippen LogP contribution in [-0.4, -0.2) is 59.9 Å². The molecule has 0 heterocycles.